The van der Waals surface area contributed by atoms with Crippen LogP contribution in [0.15, 0.2) is 23.8 Å². The van der Waals surface area contributed by atoms with E-state index in [1.54, 1.807) is 13.0 Å². The molecule has 0 aromatic heterocycles. The summed E-state index contributed by atoms with van der Waals surface area (Å²) in [5.41, 5.74) is -0.338. The molecule has 0 aromatic rings. The van der Waals surface area contributed by atoms with Gasteiger partial charge in [-0.1, -0.05) is 41.4 Å². The second kappa shape index (κ2) is 5.39. The standard InChI is InChI=1S/C21H27BrO3/c1-12(23)21(25)9-6-16-18-15(5-8-20(16,21)3)19(2)7-4-14(24)10-13(19)11-17(18)22/h4,7,10,15-18,25H,5-6,8-9,11H2,1-3H3/t15-,16-,17?,18+,19-,20-,21-/m0/s1. The molecule has 4 aliphatic carbocycles. The lowest BCUT2D eigenvalue weighted by molar-refractivity contribution is -0.158. The number of aliphatic hydroxyl groups is 1. The van der Waals surface area contributed by atoms with Crippen molar-refractivity contribution in [3.63, 3.8) is 0 Å². The van der Waals surface area contributed by atoms with Gasteiger partial charge in [-0.05, 0) is 68.9 Å². The van der Waals surface area contributed by atoms with Gasteiger partial charge in [0.2, 0.25) is 0 Å². The number of carbonyl (C=O) groups excluding carboxylic acids is 2. The number of rotatable bonds is 1. The molecule has 0 heterocycles. The fraction of sp³-hybridized carbons (Fsp3) is 0.714. The molecular weight excluding hydrogens is 380 g/mol. The lowest BCUT2D eigenvalue weighted by atomic mass is 9.47. The Kier molecular flexibility index (Phi) is 3.81. The van der Waals surface area contributed by atoms with Gasteiger partial charge in [0.25, 0.3) is 0 Å². The molecule has 3 saturated carbocycles. The fourth-order valence-electron chi connectivity index (χ4n) is 6.72. The molecule has 7 atom stereocenters. The number of hydrogen-bond acceptors (Lipinski definition) is 3. The lowest BCUT2D eigenvalue weighted by Gasteiger charge is -2.59. The molecule has 0 radical (unpaired) electrons. The highest BCUT2D eigenvalue weighted by atomic mass is 79.9. The minimum absolute atomic E-state index is 0.0683. The third-order valence-corrected chi connectivity index (χ3v) is 9.21. The number of hydrogen-bond donors (Lipinski definition) is 1. The molecule has 1 unspecified atom stereocenters. The van der Waals surface area contributed by atoms with Crippen molar-refractivity contribution in [2.24, 2.45) is 28.6 Å². The maximum atomic E-state index is 12.3. The van der Waals surface area contributed by atoms with Gasteiger partial charge in [0.15, 0.2) is 11.6 Å². The van der Waals surface area contributed by atoms with Crippen LogP contribution in [0.5, 0.6) is 0 Å². The van der Waals surface area contributed by atoms with Crippen LogP contribution >= 0.6 is 15.9 Å². The van der Waals surface area contributed by atoms with Gasteiger partial charge in [-0.25, -0.2) is 0 Å². The van der Waals surface area contributed by atoms with E-state index in [1.807, 2.05) is 6.08 Å². The van der Waals surface area contributed by atoms with Crippen LogP contribution in [0.1, 0.15) is 52.9 Å². The Morgan fingerprint density at radius 3 is 2.60 bits per heavy atom. The number of alkyl halides is 1. The van der Waals surface area contributed by atoms with Crippen molar-refractivity contribution in [2.45, 2.75) is 63.3 Å². The number of carbonyl (C=O) groups is 2. The Morgan fingerprint density at radius 1 is 1.24 bits per heavy atom. The highest BCUT2D eigenvalue weighted by Crippen LogP contribution is 2.67. The quantitative estimate of drug-likeness (QED) is 0.669. The zero-order chi connectivity index (χ0) is 18.2. The number of ketones is 2. The van der Waals surface area contributed by atoms with Gasteiger partial charge < -0.3 is 5.11 Å². The fourth-order valence-corrected chi connectivity index (χ4v) is 7.80. The Hall–Kier alpha value is -0.740. The van der Waals surface area contributed by atoms with Crippen LogP contribution in [-0.4, -0.2) is 27.1 Å². The minimum atomic E-state index is -1.18. The summed E-state index contributed by atoms with van der Waals surface area (Å²) < 4.78 is 0. The molecule has 136 valence electrons. The predicted octanol–water partition coefficient (Wildman–Crippen LogP) is 3.99. The summed E-state index contributed by atoms with van der Waals surface area (Å²) in [5, 5.41) is 11.2. The summed E-state index contributed by atoms with van der Waals surface area (Å²) in [6.45, 7) is 5.95. The monoisotopic (exact) mass is 406 g/mol. The average Bonchev–Trinajstić information content (AvgIpc) is 2.82. The highest BCUT2D eigenvalue weighted by molar-refractivity contribution is 9.09. The van der Waals surface area contributed by atoms with Crippen LogP contribution in [0, 0.1) is 28.6 Å². The van der Waals surface area contributed by atoms with Crippen LogP contribution in [-0.2, 0) is 9.59 Å². The van der Waals surface area contributed by atoms with Crippen molar-refractivity contribution in [2.75, 3.05) is 0 Å². The molecule has 4 rings (SSSR count). The number of halogens is 1. The van der Waals surface area contributed by atoms with Gasteiger partial charge in [-0.15, -0.1) is 0 Å². The van der Waals surface area contributed by atoms with Crippen molar-refractivity contribution < 1.29 is 14.7 Å². The number of allylic oxidation sites excluding steroid dienone is 4. The second-order valence-electron chi connectivity index (χ2n) is 9.11. The second-order valence-corrected chi connectivity index (χ2v) is 10.3. The van der Waals surface area contributed by atoms with Crippen LogP contribution in [0.25, 0.3) is 0 Å². The highest BCUT2D eigenvalue weighted by Gasteiger charge is 2.66. The van der Waals surface area contributed by atoms with Crippen molar-refractivity contribution in [1.29, 1.82) is 0 Å². The molecule has 0 bridgehead atoms. The van der Waals surface area contributed by atoms with Gasteiger partial charge in [0.1, 0.15) is 5.60 Å². The average molecular weight is 407 g/mol. The van der Waals surface area contributed by atoms with E-state index < -0.39 is 5.60 Å². The summed E-state index contributed by atoms with van der Waals surface area (Å²) in [5.74, 6) is 1.24. The molecule has 4 aliphatic rings. The van der Waals surface area contributed by atoms with E-state index in [4.69, 9.17) is 0 Å². The Bertz CT molecular complexity index is 710. The molecule has 0 amide bonds. The van der Waals surface area contributed by atoms with E-state index in [9.17, 15) is 14.7 Å². The molecule has 0 aliphatic heterocycles. The molecule has 0 aromatic carbocycles. The van der Waals surface area contributed by atoms with Crippen LogP contribution < -0.4 is 0 Å². The zero-order valence-corrected chi connectivity index (χ0v) is 16.8. The normalized spacial score (nSPS) is 51.4. The third kappa shape index (κ3) is 2.13. The van der Waals surface area contributed by atoms with Crippen molar-refractivity contribution in [3.05, 3.63) is 23.8 Å². The van der Waals surface area contributed by atoms with Gasteiger partial charge in [-0.2, -0.15) is 0 Å². The number of fused-ring (bicyclic) bond motifs is 5. The van der Waals surface area contributed by atoms with Crippen LogP contribution in [0.4, 0.5) is 0 Å². The first kappa shape index (κ1) is 17.7. The summed E-state index contributed by atoms with van der Waals surface area (Å²) in [6.07, 6.45) is 9.91. The van der Waals surface area contributed by atoms with Crippen LogP contribution in [0.3, 0.4) is 0 Å². The summed E-state index contributed by atoms with van der Waals surface area (Å²) in [6, 6.07) is 0. The van der Waals surface area contributed by atoms with Crippen molar-refractivity contribution in [3.8, 4) is 0 Å². The van der Waals surface area contributed by atoms with E-state index in [1.165, 1.54) is 5.57 Å². The maximum absolute atomic E-state index is 12.3. The van der Waals surface area contributed by atoms with E-state index in [0.717, 1.165) is 25.7 Å². The molecule has 0 spiro atoms. The smallest absolute Gasteiger partial charge is 0.178 e. The third-order valence-electron chi connectivity index (χ3n) is 8.27. The maximum Gasteiger partial charge on any atom is 0.178 e. The minimum Gasteiger partial charge on any atom is -0.382 e. The summed E-state index contributed by atoms with van der Waals surface area (Å²) in [7, 11) is 0. The van der Waals surface area contributed by atoms with E-state index in [0.29, 0.717) is 29.0 Å². The first-order chi connectivity index (χ1) is 11.6. The molecule has 4 heteroatoms. The largest absolute Gasteiger partial charge is 0.382 e. The SMILES string of the molecule is CC(=O)[C@@]1(O)CC[C@H]2[C@@H]3C(Br)CC4=CC(=O)C=C[C@]4(C)[C@H]3CC[C@@]21C. The Labute approximate surface area is 158 Å². The molecule has 3 nitrogen and oxygen atoms in total. The summed E-state index contributed by atoms with van der Waals surface area (Å²) >= 11 is 3.93. The van der Waals surface area contributed by atoms with Crippen molar-refractivity contribution in [1.82, 2.24) is 0 Å². The van der Waals surface area contributed by atoms with Crippen LogP contribution in [0.2, 0.25) is 0 Å². The number of Topliss-reactive ketones (excluding diaryl/α,β-unsaturated/α-hetero) is 1. The van der Waals surface area contributed by atoms with Gasteiger partial charge >= 0.3 is 0 Å². The van der Waals surface area contributed by atoms with Gasteiger partial charge in [0.05, 0.1) is 0 Å². The molecular formula is C21H27BrO3. The summed E-state index contributed by atoms with van der Waals surface area (Å²) in [4.78, 5) is 24.4. The molecule has 0 saturated heterocycles. The topological polar surface area (TPSA) is 54.4 Å². The van der Waals surface area contributed by atoms with Gasteiger partial charge in [-0.3, -0.25) is 9.59 Å². The van der Waals surface area contributed by atoms with E-state index in [-0.39, 0.29) is 22.4 Å². The first-order valence-corrected chi connectivity index (χ1v) is 10.4. The van der Waals surface area contributed by atoms with Crippen molar-refractivity contribution >= 4 is 27.5 Å². The molecule has 3 fully saturated rings. The Morgan fingerprint density at radius 2 is 1.92 bits per heavy atom. The van der Waals surface area contributed by atoms with E-state index >= 15 is 0 Å². The molecule has 25 heavy (non-hydrogen) atoms. The Balaban J connectivity index is 1.76. The predicted molar refractivity (Wildman–Crippen MR) is 100 cm³/mol. The first-order valence-electron chi connectivity index (χ1n) is 9.45. The lowest BCUT2D eigenvalue weighted by Crippen LogP contribution is -2.58. The molecule has 1 N–H and O–H groups in total. The van der Waals surface area contributed by atoms with E-state index in [2.05, 4.69) is 35.9 Å². The zero-order valence-electron chi connectivity index (χ0n) is 15.2. The van der Waals surface area contributed by atoms with Gasteiger partial charge in [0, 0.05) is 15.7 Å².